The number of anilines is 4. The maximum Gasteiger partial charge on any atom is 0.0700 e. The SMILES string of the molecule is CN(C)c1c(N2CCCC2)ccc2ccc(N3CCCC3)c(N(C)C)c12. The summed E-state index contributed by atoms with van der Waals surface area (Å²) in [5.74, 6) is 0. The van der Waals surface area contributed by atoms with Crippen molar-refractivity contribution in [3.05, 3.63) is 24.3 Å². The highest BCUT2D eigenvalue weighted by molar-refractivity contribution is 6.11. The number of nitrogens with zero attached hydrogens (tertiary/aromatic N) is 4. The van der Waals surface area contributed by atoms with Gasteiger partial charge < -0.3 is 19.6 Å². The highest BCUT2D eigenvalue weighted by Crippen LogP contribution is 2.46. The molecule has 26 heavy (non-hydrogen) atoms. The summed E-state index contributed by atoms with van der Waals surface area (Å²) in [4.78, 5) is 9.76. The summed E-state index contributed by atoms with van der Waals surface area (Å²) in [5, 5.41) is 2.73. The molecule has 2 fully saturated rings. The molecule has 0 aromatic heterocycles. The van der Waals surface area contributed by atoms with E-state index in [1.54, 1.807) is 0 Å². The summed E-state index contributed by atoms with van der Waals surface area (Å²) in [6, 6.07) is 9.30. The zero-order chi connectivity index (χ0) is 18.3. The third-order valence-electron chi connectivity index (χ3n) is 5.88. The Bertz CT molecular complexity index is 722. The molecule has 140 valence electrons. The van der Waals surface area contributed by atoms with Gasteiger partial charge in [-0.25, -0.2) is 0 Å². The van der Waals surface area contributed by atoms with Gasteiger partial charge in [-0.3, -0.25) is 0 Å². The Morgan fingerprint density at radius 1 is 0.615 bits per heavy atom. The van der Waals surface area contributed by atoms with Crippen LogP contribution in [-0.4, -0.2) is 54.4 Å². The van der Waals surface area contributed by atoms with Crippen LogP contribution >= 0.6 is 0 Å². The molecular weight excluding hydrogens is 320 g/mol. The molecule has 0 unspecified atom stereocenters. The molecule has 0 saturated carbocycles. The van der Waals surface area contributed by atoms with E-state index >= 15 is 0 Å². The summed E-state index contributed by atoms with van der Waals surface area (Å²) in [6.07, 6.45) is 5.22. The molecule has 4 heteroatoms. The second-order valence-corrected chi connectivity index (χ2v) is 8.14. The maximum atomic E-state index is 2.57. The van der Waals surface area contributed by atoms with E-state index in [1.807, 2.05) is 0 Å². The fourth-order valence-electron chi connectivity index (χ4n) is 4.69. The molecule has 2 aliphatic rings. The molecule has 0 N–H and O–H groups in total. The van der Waals surface area contributed by atoms with Crippen LogP contribution in [0.5, 0.6) is 0 Å². The Kier molecular flexibility index (Phi) is 4.60. The van der Waals surface area contributed by atoms with E-state index in [-0.39, 0.29) is 0 Å². The predicted molar refractivity (Wildman–Crippen MR) is 115 cm³/mol. The average molecular weight is 353 g/mol. The van der Waals surface area contributed by atoms with E-state index in [0.29, 0.717) is 0 Å². The fourth-order valence-corrected chi connectivity index (χ4v) is 4.69. The monoisotopic (exact) mass is 352 g/mol. The fraction of sp³-hybridized carbons (Fsp3) is 0.545. The topological polar surface area (TPSA) is 13.0 Å². The van der Waals surface area contributed by atoms with E-state index in [0.717, 1.165) is 0 Å². The van der Waals surface area contributed by atoms with Crippen LogP contribution < -0.4 is 19.6 Å². The number of benzene rings is 2. The summed E-state index contributed by atoms with van der Waals surface area (Å²) >= 11 is 0. The molecule has 2 aromatic carbocycles. The molecule has 4 nitrogen and oxygen atoms in total. The third kappa shape index (κ3) is 2.85. The lowest BCUT2D eigenvalue weighted by molar-refractivity contribution is 0.949. The van der Waals surface area contributed by atoms with Crippen molar-refractivity contribution in [1.29, 1.82) is 0 Å². The van der Waals surface area contributed by atoms with Crippen molar-refractivity contribution in [3.8, 4) is 0 Å². The number of hydrogen-bond acceptors (Lipinski definition) is 4. The minimum atomic E-state index is 1.18. The van der Waals surface area contributed by atoms with Crippen LogP contribution in [0.3, 0.4) is 0 Å². The van der Waals surface area contributed by atoms with Crippen molar-refractivity contribution in [2.45, 2.75) is 25.7 Å². The normalized spacial score (nSPS) is 17.4. The first-order valence-corrected chi connectivity index (χ1v) is 10.0. The van der Waals surface area contributed by atoms with Crippen LogP contribution in [0.25, 0.3) is 10.8 Å². The average Bonchev–Trinajstić information content (AvgIpc) is 3.32. The molecule has 0 bridgehead atoms. The van der Waals surface area contributed by atoms with E-state index in [2.05, 4.69) is 72.1 Å². The zero-order valence-electron chi connectivity index (χ0n) is 16.8. The molecule has 0 aliphatic carbocycles. The molecule has 0 atom stereocenters. The Morgan fingerprint density at radius 3 is 1.35 bits per heavy atom. The lowest BCUT2D eigenvalue weighted by Gasteiger charge is -2.31. The van der Waals surface area contributed by atoms with Crippen LogP contribution in [-0.2, 0) is 0 Å². The highest BCUT2D eigenvalue weighted by Gasteiger charge is 2.24. The maximum absolute atomic E-state index is 2.57. The number of hydrogen-bond donors (Lipinski definition) is 0. The number of rotatable bonds is 4. The lowest BCUT2D eigenvalue weighted by atomic mass is 10.0. The summed E-state index contributed by atoms with van der Waals surface area (Å²) in [5.41, 5.74) is 5.52. The Morgan fingerprint density at radius 2 is 1.00 bits per heavy atom. The van der Waals surface area contributed by atoms with Gasteiger partial charge in [0.25, 0.3) is 0 Å². The van der Waals surface area contributed by atoms with Gasteiger partial charge in [-0.2, -0.15) is 0 Å². The van der Waals surface area contributed by atoms with E-state index in [1.165, 1.54) is 85.4 Å². The largest absolute Gasteiger partial charge is 0.375 e. The molecule has 0 spiro atoms. The first-order valence-electron chi connectivity index (χ1n) is 10.0. The van der Waals surface area contributed by atoms with Crippen LogP contribution in [0.2, 0.25) is 0 Å². The molecule has 2 aliphatic heterocycles. The van der Waals surface area contributed by atoms with Crippen LogP contribution in [0.1, 0.15) is 25.7 Å². The van der Waals surface area contributed by atoms with Gasteiger partial charge in [0, 0.05) is 59.8 Å². The molecule has 2 heterocycles. The Labute approximate surface area is 158 Å². The van der Waals surface area contributed by atoms with Gasteiger partial charge in [0.15, 0.2) is 0 Å². The molecule has 0 radical (unpaired) electrons. The minimum absolute atomic E-state index is 1.18. The Balaban J connectivity index is 1.99. The second-order valence-electron chi connectivity index (χ2n) is 8.14. The quantitative estimate of drug-likeness (QED) is 0.818. The second kappa shape index (κ2) is 6.90. The standard InChI is InChI=1S/C22H32N4/c1-23(2)21-18(25-13-5-6-14-25)11-9-17-10-12-19(26-15-7-8-16-26)22(20(17)21)24(3)4/h9-12H,5-8,13-16H2,1-4H3. The molecule has 2 saturated heterocycles. The van der Waals surface area contributed by atoms with Crippen LogP contribution in [0, 0.1) is 0 Å². The van der Waals surface area contributed by atoms with E-state index < -0.39 is 0 Å². The number of fused-ring (bicyclic) bond motifs is 1. The third-order valence-corrected chi connectivity index (χ3v) is 5.88. The van der Waals surface area contributed by atoms with Gasteiger partial charge >= 0.3 is 0 Å². The zero-order valence-corrected chi connectivity index (χ0v) is 16.8. The summed E-state index contributed by atoms with van der Waals surface area (Å²) in [7, 11) is 8.76. The van der Waals surface area contributed by atoms with Crippen molar-refractivity contribution in [2.75, 3.05) is 74.0 Å². The molecular formula is C22H32N4. The van der Waals surface area contributed by atoms with Gasteiger partial charge in [0.2, 0.25) is 0 Å². The van der Waals surface area contributed by atoms with Crippen molar-refractivity contribution in [1.82, 2.24) is 0 Å². The van der Waals surface area contributed by atoms with E-state index in [9.17, 15) is 0 Å². The molecule has 4 rings (SSSR count). The minimum Gasteiger partial charge on any atom is -0.375 e. The molecule has 2 aromatic rings. The van der Waals surface area contributed by atoms with Gasteiger partial charge in [-0.1, -0.05) is 12.1 Å². The summed E-state index contributed by atoms with van der Waals surface area (Å²) < 4.78 is 0. The predicted octanol–water partition coefficient (Wildman–Crippen LogP) is 4.17. The van der Waals surface area contributed by atoms with Crippen molar-refractivity contribution in [2.24, 2.45) is 0 Å². The van der Waals surface area contributed by atoms with Crippen LogP contribution in [0.15, 0.2) is 24.3 Å². The van der Waals surface area contributed by atoms with Crippen molar-refractivity contribution < 1.29 is 0 Å². The summed E-state index contributed by atoms with van der Waals surface area (Å²) in [6.45, 7) is 4.70. The first kappa shape index (κ1) is 17.3. The van der Waals surface area contributed by atoms with Crippen molar-refractivity contribution >= 4 is 33.5 Å². The lowest BCUT2D eigenvalue weighted by Crippen LogP contribution is -2.24. The Hall–Kier alpha value is -2.10. The first-order chi connectivity index (χ1) is 12.6. The van der Waals surface area contributed by atoms with E-state index in [4.69, 9.17) is 0 Å². The molecule has 0 amide bonds. The highest BCUT2D eigenvalue weighted by atomic mass is 15.2. The van der Waals surface area contributed by atoms with Crippen molar-refractivity contribution in [3.63, 3.8) is 0 Å². The van der Waals surface area contributed by atoms with Gasteiger partial charge in [-0.15, -0.1) is 0 Å². The van der Waals surface area contributed by atoms with Gasteiger partial charge in [0.05, 0.1) is 22.7 Å². The van der Waals surface area contributed by atoms with Gasteiger partial charge in [0.1, 0.15) is 0 Å². The van der Waals surface area contributed by atoms with Crippen LogP contribution in [0.4, 0.5) is 22.7 Å². The van der Waals surface area contributed by atoms with Gasteiger partial charge in [-0.05, 0) is 43.2 Å². The smallest absolute Gasteiger partial charge is 0.0700 e.